The first-order valence-electron chi connectivity index (χ1n) is 6.79. The van der Waals surface area contributed by atoms with E-state index in [1.165, 1.54) is 19.3 Å². The van der Waals surface area contributed by atoms with Gasteiger partial charge in [0, 0.05) is 12.1 Å². The molecular weight excluding hydrogens is 222 g/mol. The van der Waals surface area contributed by atoms with E-state index in [1.807, 2.05) is 36.4 Å². The van der Waals surface area contributed by atoms with Gasteiger partial charge in [-0.3, -0.25) is 4.79 Å². The topological polar surface area (TPSA) is 29.1 Å². The molecule has 96 valence electrons. The minimum absolute atomic E-state index is 0.0256. The van der Waals surface area contributed by atoms with Gasteiger partial charge in [0.1, 0.15) is 0 Å². The Balaban J connectivity index is 1.86. The Hall–Kier alpha value is -1.57. The van der Waals surface area contributed by atoms with Gasteiger partial charge in [-0.15, -0.1) is 0 Å². The largest absolute Gasteiger partial charge is 0.350 e. The molecule has 2 heteroatoms. The van der Waals surface area contributed by atoms with Crippen LogP contribution < -0.4 is 5.32 Å². The van der Waals surface area contributed by atoms with Crippen molar-refractivity contribution < 1.29 is 4.79 Å². The Morgan fingerprint density at radius 3 is 2.67 bits per heavy atom. The molecule has 0 saturated heterocycles. The van der Waals surface area contributed by atoms with E-state index in [2.05, 4.69) is 12.2 Å². The summed E-state index contributed by atoms with van der Waals surface area (Å²) in [7, 11) is 0. The fourth-order valence-electron chi connectivity index (χ4n) is 2.50. The van der Waals surface area contributed by atoms with Gasteiger partial charge < -0.3 is 5.32 Å². The number of hydrogen-bond acceptors (Lipinski definition) is 1. The summed E-state index contributed by atoms with van der Waals surface area (Å²) in [4.78, 5) is 11.8. The lowest BCUT2D eigenvalue weighted by molar-refractivity contribution is -0.117. The molecule has 1 aliphatic carbocycles. The van der Waals surface area contributed by atoms with Crippen molar-refractivity contribution in [3.8, 4) is 0 Å². The van der Waals surface area contributed by atoms with Gasteiger partial charge in [0.15, 0.2) is 0 Å². The molecule has 1 saturated carbocycles. The number of benzene rings is 1. The fraction of sp³-hybridized carbons (Fsp3) is 0.438. The van der Waals surface area contributed by atoms with Crippen LogP contribution in [0.5, 0.6) is 0 Å². The maximum Gasteiger partial charge on any atom is 0.244 e. The Morgan fingerprint density at radius 1 is 1.22 bits per heavy atom. The molecule has 2 rings (SSSR count). The molecule has 0 radical (unpaired) electrons. The van der Waals surface area contributed by atoms with E-state index in [4.69, 9.17) is 0 Å². The predicted octanol–water partition coefficient (Wildman–Crippen LogP) is 3.39. The van der Waals surface area contributed by atoms with Crippen LogP contribution in [-0.2, 0) is 4.79 Å². The third-order valence-electron chi connectivity index (χ3n) is 3.67. The van der Waals surface area contributed by atoms with Crippen LogP contribution in [0.2, 0.25) is 0 Å². The highest BCUT2D eigenvalue weighted by Gasteiger charge is 2.21. The van der Waals surface area contributed by atoms with Crippen LogP contribution in [0.4, 0.5) is 0 Å². The predicted molar refractivity (Wildman–Crippen MR) is 75.0 cm³/mol. The first-order chi connectivity index (χ1) is 8.75. The summed E-state index contributed by atoms with van der Waals surface area (Å²) in [5.74, 6) is 0.630. The Labute approximate surface area is 109 Å². The molecule has 18 heavy (non-hydrogen) atoms. The third kappa shape index (κ3) is 3.73. The normalized spacial score (nSPS) is 24.1. The van der Waals surface area contributed by atoms with Crippen molar-refractivity contribution in [2.24, 2.45) is 5.92 Å². The quantitative estimate of drug-likeness (QED) is 0.810. The van der Waals surface area contributed by atoms with E-state index < -0.39 is 0 Å². The number of carbonyl (C=O) groups is 1. The molecular formula is C16H21NO. The molecule has 0 bridgehead atoms. The van der Waals surface area contributed by atoms with Crippen molar-refractivity contribution in [2.75, 3.05) is 0 Å². The van der Waals surface area contributed by atoms with Crippen molar-refractivity contribution in [3.05, 3.63) is 42.0 Å². The minimum atomic E-state index is 0.0256. The van der Waals surface area contributed by atoms with E-state index >= 15 is 0 Å². The molecule has 0 heterocycles. The zero-order chi connectivity index (χ0) is 12.8. The second kappa shape index (κ2) is 6.39. The van der Waals surface area contributed by atoms with E-state index in [1.54, 1.807) is 6.08 Å². The maximum absolute atomic E-state index is 11.8. The number of carbonyl (C=O) groups excluding carboxylic acids is 1. The smallest absolute Gasteiger partial charge is 0.244 e. The van der Waals surface area contributed by atoms with Gasteiger partial charge in [0.2, 0.25) is 5.91 Å². The summed E-state index contributed by atoms with van der Waals surface area (Å²) in [5, 5.41) is 3.11. The van der Waals surface area contributed by atoms with Crippen LogP contribution in [-0.4, -0.2) is 11.9 Å². The van der Waals surface area contributed by atoms with Gasteiger partial charge in [-0.25, -0.2) is 0 Å². The highest BCUT2D eigenvalue weighted by molar-refractivity contribution is 5.91. The summed E-state index contributed by atoms with van der Waals surface area (Å²) in [6.45, 7) is 2.23. The third-order valence-corrected chi connectivity index (χ3v) is 3.67. The van der Waals surface area contributed by atoms with Gasteiger partial charge in [0.05, 0.1) is 0 Å². The first-order valence-corrected chi connectivity index (χ1v) is 6.79. The molecule has 2 nitrogen and oxygen atoms in total. The molecule has 0 aliphatic heterocycles. The summed E-state index contributed by atoms with van der Waals surface area (Å²) in [6, 6.07) is 10.3. The zero-order valence-electron chi connectivity index (χ0n) is 10.9. The zero-order valence-corrected chi connectivity index (χ0v) is 10.9. The van der Waals surface area contributed by atoms with Crippen molar-refractivity contribution in [2.45, 2.75) is 38.6 Å². The van der Waals surface area contributed by atoms with E-state index in [9.17, 15) is 4.79 Å². The lowest BCUT2D eigenvalue weighted by atomic mass is 9.86. The first kappa shape index (κ1) is 12.9. The van der Waals surface area contributed by atoms with Crippen molar-refractivity contribution in [3.63, 3.8) is 0 Å². The van der Waals surface area contributed by atoms with Gasteiger partial charge in [-0.2, -0.15) is 0 Å². The fourth-order valence-corrected chi connectivity index (χ4v) is 2.50. The molecule has 1 aliphatic rings. The highest BCUT2D eigenvalue weighted by atomic mass is 16.1. The summed E-state index contributed by atoms with van der Waals surface area (Å²) >= 11 is 0. The summed E-state index contributed by atoms with van der Waals surface area (Å²) in [5.41, 5.74) is 1.06. The molecule has 1 fully saturated rings. The van der Waals surface area contributed by atoms with Gasteiger partial charge in [-0.1, -0.05) is 50.1 Å². The summed E-state index contributed by atoms with van der Waals surface area (Å²) < 4.78 is 0. The molecule has 1 N–H and O–H groups in total. The van der Waals surface area contributed by atoms with Crippen LogP contribution >= 0.6 is 0 Å². The van der Waals surface area contributed by atoms with Crippen LogP contribution in [0.3, 0.4) is 0 Å². The molecule has 1 amide bonds. The average Bonchev–Trinajstić information content (AvgIpc) is 2.40. The van der Waals surface area contributed by atoms with E-state index in [0.29, 0.717) is 12.0 Å². The van der Waals surface area contributed by atoms with Crippen LogP contribution in [0.1, 0.15) is 38.2 Å². The van der Waals surface area contributed by atoms with Gasteiger partial charge in [-0.05, 0) is 30.4 Å². The van der Waals surface area contributed by atoms with Crippen LogP contribution in [0.25, 0.3) is 6.08 Å². The SMILES string of the molecule is C[C@@H]1CCCC[C@H]1NC(=O)/C=C/c1ccccc1. The number of rotatable bonds is 3. The molecule has 0 aromatic heterocycles. The minimum Gasteiger partial charge on any atom is -0.350 e. The van der Waals surface area contributed by atoms with E-state index in [-0.39, 0.29) is 5.91 Å². The van der Waals surface area contributed by atoms with Crippen molar-refractivity contribution in [1.29, 1.82) is 0 Å². The Kier molecular flexibility index (Phi) is 4.57. The second-order valence-corrected chi connectivity index (χ2v) is 5.12. The lowest BCUT2D eigenvalue weighted by Crippen LogP contribution is -2.40. The molecule has 2 atom stereocenters. The standard InChI is InChI=1S/C16H21NO/c1-13-7-5-6-10-15(13)17-16(18)12-11-14-8-3-2-4-9-14/h2-4,8-9,11-13,15H,5-7,10H2,1H3,(H,17,18)/b12-11+/t13-,15-/m1/s1. The molecule has 0 spiro atoms. The lowest BCUT2D eigenvalue weighted by Gasteiger charge is -2.29. The number of amides is 1. The van der Waals surface area contributed by atoms with Crippen molar-refractivity contribution >= 4 is 12.0 Å². The maximum atomic E-state index is 11.8. The summed E-state index contributed by atoms with van der Waals surface area (Å²) in [6.07, 6.45) is 8.38. The number of hydrogen-bond donors (Lipinski definition) is 1. The van der Waals surface area contributed by atoms with Crippen LogP contribution in [0, 0.1) is 5.92 Å². The molecule has 1 aromatic carbocycles. The van der Waals surface area contributed by atoms with Gasteiger partial charge in [0.25, 0.3) is 0 Å². The number of nitrogens with one attached hydrogen (secondary N) is 1. The van der Waals surface area contributed by atoms with E-state index in [0.717, 1.165) is 12.0 Å². The Morgan fingerprint density at radius 2 is 1.94 bits per heavy atom. The molecule has 1 aromatic rings. The highest BCUT2D eigenvalue weighted by Crippen LogP contribution is 2.23. The van der Waals surface area contributed by atoms with Crippen LogP contribution in [0.15, 0.2) is 36.4 Å². The van der Waals surface area contributed by atoms with Crippen molar-refractivity contribution in [1.82, 2.24) is 5.32 Å². The second-order valence-electron chi connectivity index (χ2n) is 5.12. The Bertz CT molecular complexity index is 410. The molecule has 0 unspecified atom stereocenters. The monoisotopic (exact) mass is 243 g/mol. The average molecular weight is 243 g/mol. The van der Waals surface area contributed by atoms with Gasteiger partial charge >= 0.3 is 0 Å².